The van der Waals surface area contributed by atoms with Crippen LogP contribution in [0.5, 0.6) is 0 Å². The number of aryl methyl sites for hydroxylation is 1. The lowest BCUT2D eigenvalue weighted by Gasteiger charge is -2.11. The topological polar surface area (TPSA) is 3.24 Å². The van der Waals surface area contributed by atoms with Gasteiger partial charge < -0.3 is 4.90 Å². The Hall–Kier alpha value is -2.02. The molecule has 2 aromatic carbocycles. The van der Waals surface area contributed by atoms with E-state index >= 15 is 0 Å². The van der Waals surface area contributed by atoms with Crippen molar-refractivity contribution >= 4 is 17.8 Å². The lowest BCUT2D eigenvalue weighted by molar-refractivity contribution is 0.956. The highest BCUT2D eigenvalue weighted by atomic mass is 15.1. The minimum absolute atomic E-state index is 1.14. The molecular weight excluding hydrogens is 230 g/mol. The molecule has 1 aliphatic rings. The van der Waals surface area contributed by atoms with Crippen LogP contribution in [-0.4, -0.2) is 13.6 Å². The number of hydrogen-bond donors (Lipinski definition) is 0. The maximum atomic E-state index is 2.32. The van der Waals surface area contributed by atoms with Gasteiger partial charge in [-0.1, -0.05) is 48.0 Å². The van der Waals surface area contributed by atoms with Crippen LogP contribution >= 0.6 is 0 Å². The Morgan fingerprint density at radius 3 is 2.42 bits per heavy atom. The molecule has 1 heterocycles. The van der Waals surface area contributed by atoms with E-state index in [2.05, 4.69) is 73.5 Å². The van der Waals surface area contributed by atoms with E-state index in [4.69, 9.17) is 0 Å². The van der Waals surface area contributed by atoms with Crippen LogP contribution in [0.4, 0.5) is 5.69 Å². The summed E-state index contributed by atoms with van der Waals surface area (Å²) >= 11 is 0. The Balaban J connectivity index is 1.82. The van der Waals surface area contributed by atoms with Crippen LogP contribution in [0, 0.1) is 6.92 Å². The van der Waals surface area contributed by atoms with Gasteiger partial charge in [0.05, 0.1) is 0 Å². The van der Waals surface area contributed by atoms with Gasteiger partial charge >= 0.3 is 0 Å². The summed E-state index contributed by atoms with van der Waals surface area (Å²) in [6.07, 6.45) is 5.54. The molecule has 1 aliphatic heterocycles. The quantitative estimate of drug-likeness (QED) is 0.722. The summed E-state index contributed by atoms with van der Waals surface area (Å²) in [4.78, 5) is 2.32. The number of rotatable bonds is 2. The molecule has 0 saturated carbocycles. The molecule has 96 valence electrons. The first-order valence-corrected chi connectivity index (χ1v) is 6.81. The number of anilines is 1. The van der Waals surface area contributed by atoms with Crippen LogP contribution < -0.4 is 4.90 Å². The second kappa shape index (κ2) is 4.93. The fourth-order valence-electron chi connectivity index (χ4n) is 2.56. The molecule has 0 aromatic heterocycles. The minimum atomic E-state index is 1.14. The normalized spacial score (nSPS) is 14.1. The summed E-state index contributed by atoms with van der Waals surface area (Å²) in [5, 5.41) is 0. The molecule has 0 unspecified atom stereocenters. The Labute approximate surface area is 115 Å². The number of nitrogens with zero attached hydrogens (tertiary/aromatic N) is 1. The third-order valence-electron chi connectivity index (χ3n) is 3.78. The zero-order valence-electron chi connectivity index (χ0n) is 11.6. The van der Waals surface area contributed by atoms with Gasteiger partial charge in [-0.05, 0) is 42.2 Å². The second-order valence-electron chi connectivity index (χ2n) is 5.30. The van der Waals surface area contributed by atoms with Crippen molar-refractivity contribution in [1.29, 1.82) is 0 Å². The molecule has 0 spiro atoms. The van der Waals surface area contributed by atoms with Gasteiger partial charge in [-0.3, -0.25) is 0 Å². The van der Waals surface area contributed by atoms with E-state index < -0.39 is 0 Å². The summed E-state index contributed by atoms with van der Waals surface area (Å²) in [7, 11) is 2.16. The Bertz CT molecular complexity index is 608. The molecular formula is C18H19N. The number of hydrogen-bond acceptors (Lipinski definition) is 1. The maximum absolute atomic E-state index is 2.32. The molecule has 0 fully saturated rings. The zero-order chi connectivity index (χ0) is 13.2. The number of fused-ring (bicyclic) bond motifs is 1. The van der Waals surface area contributed by atoms with Crippen LogP contribution in [-0.2, 0) is 6.42 Å². The predicted molar refractivity (Wildman–Crippen MR) is 83.5 cm³/mol. The third-order valence-corrected chi connectivity index (χ3v) is 3.78. The summed E-state index contributed by atoms with van der Waals surface area (Å²) in [5.41, 5.74) is 6.69. The van der Waals surface area contributed by atoms with E-state index in [9.17, 15) is 0 Å². The van der Waals surface area contributed by atoms with Crippen LogP contribution in [0.25, 0.3) is 12.2 Å². The number of likely N-dealkylation sites (N-methyl/N-ethyl adjacent to an activating group) is 1. The van der Waals surface area contributed by atoms with E-state index in [1.165, 1.54) is 27.9 Å². The first-order valence-electron chi connectivity index (χ1n) is 6.81. The minimum Gasteiger partial charge on any atom is -0.374 e. The van der Waals surface area contributed by atoms with E-state index in [0.29, 0.717) is 0 Å². The van der Waals surface area contributed by atoms with Gasteiger partial charge in [-0.15, -0.1) is 0 Å². The Kier molecular flexibility index (Phi) is 3.12. The average molecular weight is 249 g/mol. The highest BCUT2D eigenvalue weighted by molar-refractivity contribution is 5.72. The fraction of sp³-hybridized carbons (Fsp3) is 0.222. The van der Waals surface area contributed by atoms with Crippen molar-refractivity contribution in [3.63, 3.8) is 0 Å². The first kappa shape index (κ1) is 12.0. The van der Waals surface area contributed by atoms with Crippen LogP contribution in [0.2, 0.25) is 0 Å². The molecule has 0 aliphatic carbocycles. The number of benzene rings is 2. The molecule has 0 N–H and O–H groups in total. The van der Waals surface area contributed by atoms with Crippen molar-refractivity contribution in [2.45, 2.75) is 13.3 Å². The predicted octanol–water partition coefficient (Wildman–Crippen LogP) is 4.16. The lowest BCUT2D eigenvalue weighted by atomic mass is 10.1. The van der Waals surface area contributed by atoms with Gasteiger partial charge in [0.25, 0.3) is 0 Å². The molecule has 1 heteroatoms. The van der Waals surface area contributed by atoms with E-state index in [-0.39, 0.29) is 0 Å². The molecule has 1 nitrogen and oxygen atoms in total. The first-order chi connectivity index (χ1) is 9.22. The Morgan fingerprint density at radius 1 is 0.947 bits per heavy atom. The highest BCUT2D eigenvalue weighted by Crippen LogP contribution is 2.27. The van der Waals surface area contributed by atoms with E-state index in [0.717, 1.165) is 13.0 Å². The van der Waals surface area contributed by atoms with Crippen molar-refractivity contribution in [2.24, 2.45) is 0 Å². The van der Waals surface area contributed by atoms with Gasteiger partial charge in [0.2, 0.25) is 0 Å². The van der Waals surface area contributed by atoms with Crippen molar-refractivity contribution in [2.75, 3.05) is 18.5 Å². The second-order valence-corrected chi connectivity index (χ2v) is 5.30. The highest BCUT2D eigenvalue weighted by Gasteiger charge is 2.14. The maximum Gasteiger partial charge on any atom is 0.0397 e. The molecule has 0 bridgehead atoms. The molecule has 19 heavy (non-hydrogen) atoms. The molecule has 0 radical (unpaired) electrons. The van der Waals surface area contributed by atoms with Gasteiger partial charge in [0, 0.05) is 19.3 Å². The summed E-state index contributed by atoms with van der Waals surface area (Å²) in [5.74, 6) is 0. The van der Waals surface area contributed by atoms with Gasteiger partial charge in [-0.25, -0.2) is 0 Å². The molecule has 0 amide bonds. The van der Waals surface area contributed by atoms with E-state index in [1.54, 1.807) is 0 Å². The lowest BCUT2D eigenvalue weighted by Crippen LogP contribution is -2.12. The van der Waals surface area contributed by atoms with Gasteiger partial charge in [0.1, 0.15) is 0 Å². The molecule has 0 saturated heterocycles. The zero-order valence-corrected chi connectivity index (χ0v) is 11.6. The summed E-state index contributed by atoms with van der Waals surface area (Å²) in [6, 6.07) is 15.4. The molecule has 0 atom stereocenters. The third kappa shape index (κ3) is 2.55. The SMILES string of the molecule is Cc1ccc(/C=C/c2ccc3c(c2)CCN3C)cc1. The average Bonchev–Trinajstić information content (AvgIpc) is 2.79. The smallest absolute Gasteiger partial charge is 0.0397 e. The van der Waals surface area contributed by atoms with Gasteiger partial charge in [0.15, 0.2) is 0 Å². The summed E-state index contributed by atoms with van der Waals surface area (Å²) in [6.45, 7) is 3.25. The Morgan fingerprint density at radius 2 is 1.63 bits per heavy atom. The summed E-state index contributed by atoms with van der Waals surface area (Å²) < 4.78 is 0. The fourth-order valence-corrected chi connectivity index (χ4v) is 2.56. The van der Waals surface area contributed by atoms with Crippen molar-refractivity contribution < 1.29 is 0 Å². The molecule has 3 rings (SSSR count). The van der Waals surface area contributed by atoms with E-state index in [1.807, 2.05) is 0 Å². The van der Waals surface area contributed by atoms with Crippen LogP contribution in [0.1, 0.15) is 22.3 Å². The van der Waals surface area contributed by atoms with Crippen molar-refractivity contribution in [3.8, 4) is 0 Å². The van der Waals surface area contributed by atoms with Crippen molar-refractivity contribution in [1.82, 2.24) is 0 Å². The standard InChI is InChI=1S/C18H19N/c1-14-3-5-15(6-4-14)7-8-16-9-10-18-17(13-16)11-12-19(18)2/h3-10,13H,11-12H2,1-2H3/b8-7+. The molecule has 2 aromatic rings. The monoisotopic (exact) mass is 249 g/mol. The van der Waals surface area contributed by atoms with Gasteiger partial charge in [-0.2, -0.15) is 0 Å². The largest absolute Gasteiger partial charge is 0.374 e. The van der Waals surface area contributed by atoms with Crippen molar-refractivity contribution in [3.05, 3.63) is 64.7 Å². The van der Waals surface area contributed by atoms with Crippen LogP contribution in [0.15, 0.2) is 42.5 Å². The van der Waals surface area contributed by atoms with Crippen LogP contribution in [0.3, 0.4) is 0 Å².